The molecule has 1 heterocycles. The van der Waals surface area contributed by atoms with Crippen LogP contribution in [0.5, 0.6) is 0 Å². The molecule has 0 spiro atoms. The highest BCUT2D eigenvalue weighted by Crippen LogP contribution is 2.16. The number of rotatable bonds is 4. The van der Waals surface area contributed by atoms with Gasteiger partial charge < -0.3 is 10.1 Å². The van der Waals surface area contributed by atoms with Gasteiger partial charge in [0.15, 0.2) is 0 Å². The minimum Gasteiger partial charge on any atom is -0.385 e. The monoisotopic (exact) mass is 205 g/mol. The molecule has 0 aliphatic carbocycles. The standard InChI is InChI=1S/C13H19NO/c1-11-4-2-5-12(10-11)14-8-7-13-6-3-9-15-13/h2,4-5,10,13-14H,3,6-9H2,1H3. The summed E-state index contributed by atoms with van der Waals surface area (Å²) in [6, 6.07) is 8.49. The molecule has 1 aromatic rings. The smallest absolute Gasteiger partial charge is 0.0592 e. The zero-order valence-corrected chi connectivity index (χ0v) is 9.33. The summed E-state index contributed by atoms with van der Waals surface area (Å²) in [5.74, 6) is 0. The van der Waals surface area contributed by atoms with Gasteiger partial charge in [-0.05, 0) is 43.9 Å². The number of hydrogen-bond donors (Lipinski definition) is 1. The van der Waals surface area contributed by atoms with Crippen LogP contribution in [0.25, 0.3) is 0 Å². The largest absolute Gasteiger partial charge is 0.385 e. The SMILES string of the molecule is Cc1cccc(NCCC2CCCO2)c1. The van der Waals surface area contributed by atoms with E-state index in [2.05, 4.69) is 36.5 Å². The number of benzene rings is 1. The van der Waals surface area contributed by atoms with Gasteiger partial charge in [-0.1, -0.05) is 12.1 Å². The minimum absolute atomic E-state index is 0.488. The molecule has 0 saturated carbocycles. The lowest BCUT2D eigenvalue weighted by Gasteiger charge is -2.11. The fourth-order valence-electron chi connectivity index (χ4n) is 2.00. The topological polar surface area (TPSA) is 21.3 Å². The lowest BCUT2D eigenvalue weighted by molar-refractivity contribution is 0.107. The second kappa shape index (κ2) is 5.17. The van der Waals surface area contributed by atoms with Gasteiger partial charge in [-0.15, -0.1) is 0 Å². The van der Waals surface area contributed by atoms with Gasteiger partial charge in [0, 0.05) is 18.8 Å². The van der Waals surface area contributed by atoms with Crippen LogP contribution in [-0.4, -0.2) is 19.3 Å². The first-order chi connectivity index (χ1) is 7.34. The summed E-state index contributed by atoms with van der Waals surface area (Å²) in [5, 5.41) is 3.43. The van der Waals surface area contributed by atoms with Crippen LogP contribution in [0, 0.1) is 6.92 Å². The fraction of sp³-hybridized carbons (Fsp3) is 0.538. The van der Waals surface area contributed by atoms with Crippen molar-refractivity contribution in [2.24, 2.45) is 0 Å². The van der Waals surface area contributed by atoms with Gasteiger partial charge in [-0.3, -0.25) is 0 Å². The number of ether oxygens (including phenoxy) is 1. The van der Waals surface area contributed by atoms with Gasteiger partial charge in [0.25, 0.3) is 0 Å². The Morgan fingerprint density at radius 2 is 2.40 bits per heavy atom. The average molecular weight is 205 g/mol. The van der Waals surface area contributed by atoms with E-state index in [-0.39, 0.29) is 0 Å². The van der Waals surface area contributed by atoms with E-state index >= 15 is 0 Å². The third-order valence-electron chi connectivity index (χ3n) is 2.84. The molecule has 1 aliphatic rings. The van der Waals surface area contributed by atoms with Crippen LogP contribution in [0.15, 0.2) is 24.3 Å². The molecule has 0 radical (unpaired) electrons. The molecule has 0 bridgehead atoms. The van der Waals surface area contributed by atoms with Crippen LogP contribution in [0.2, 0.25) is 0 Å². The van der Waals surface area contributed by atoms with Crippen LogP contribution < -0.4 is 5.32 Å². The van der Waals surface area contributed by atoms with Crippen molar-refractivity contribution in [3.05, 3.63) is 29.8 Å². The van der Waals surface area contributed by atoms with Gasteiger partial charge in [0.2, 0.25) is 0 Å². The molecule has 1 atom stereocenters. The van der Waals surface area contributed by atoms with Crippen molar-refractivity contribution in [1.82, 2.24) is 0 Å². The highest BCUT2D eigenvalue weighted by Gasteiger charge is 2.14. The van der Waals surface area contributed by atoms with E-state index in [4.69, 9.17) is 4.74 Å². The van der Waals surface area contributed by atoms with Crippen molar-refractivity contribution in [1.29, 1.82) is 0 Å². The Kier molecular flexibility index (Phi) is 3.62. The summed E-state index contributed by atoms with van der Waals surface area (Å²) >= 11 is 0. The van der Waals surface area contributed by atoms with E-state index in [0.717, 1.165) is 19.6 Å². The maximum atomic E-state index is 5.57. The molecule has 1 aliphatic heterocycles. The maximum Gasteiger partial charge on any atom is 0.0592 e. The zero-order valence-electron chi connectivity index (χ0n) is 9.33. The van der Waals surface area contributed by atoms with Crippen LogP contribution in [0.4, 0.5) is 5.69 Å². The summed E-state index contributed by atoms with van der Waals surface area (Å²) in [4.78, 5) is 0. The van der Waals surface area contributed by atoms with Crippen LogP contribution in [0.1, 0.15) is 24.8 Å². The van der Waals surface area contributed by atoms with Gasteiger partial charge in [-0.25, -0.2) is 0 Å². The van der Waals surface area contributed by atoms with Crippen molar-refractivity contribution >= 4 is 5.69 Å². The molecule has 0 amide bonds. The van der Waals surface area contributed by atoms with Crippen LogP contribution >= 0.6 is 0 Å². The van der Waals surface area contributed by atoms with Gasteiger partial charge >= 0.3 is 0 Å². The first-order valence-corrected chi connectivity index (χ1v) is 5.77. The van der Waals surface area contributed by atoms with Crippen LogP contribution in [-0.2, 0) is 4.74 Å². The Hall–Kier alpha value is -1.02. The van der Waals surface area contributed by atoms with Crippen molar-refractivity contribution in [3.8, 4) is 0 Å². The molecule has 1 aromatic carbocycles. The Bertz CT molecular complexity index is 305. The molecule has 1 N–H and O–H groups in total. The summed E-state index contributed by atoms with van der Waals surface area (Å²) < 4.78 is 5.57. The van der Waals surface area contributed by atoms with Crippen molar-refractivity contribution < 1.29 is 4.74 Å². The minimum atomic E-state index is 0.488. The number of anilines is 1. The Morgan fingerprint density at radius 3 is 3.13 bits per heavy atom. The first-order valence-electron chi connectivity index (χ1n) is 5.77. The van der Waals surface area contributed by atoms with E-state index in [0.29, 0.717) is 6.10 Å². The Morgan fingerprint density at radius 1 is 1.47 bits per heavy atom. The zero-order chi connectivity index (χ0) is 10.5. The van der Waals surface area contributed by atoms with E-state index in [1.165, 1.54) is 24.1 Å². The summed E-state index contributed by atoms with van der Waals surface area (Å²) in [6.45, 7) is 4.08. The van der Waals surface area contributed by atoms with Gasteiger partial charge in [0.1, 0.15) is 0 Å². The molecule has 2 nitrogen and oxygen atoms in total. The Balaban J connectivity index is 1.73. The lowest BCUT2D eigenvalue weighted by Crippen LogP contribution is -2.12. The molecule has 15 heavy (non-hydrogen) atoms. The van der Waals surface area contributed by atoms with Crippen molar-refractivity contribution in [2.45, 2.75) is 32.3 Å². The first kappa shape index (κ1) is 10.5. The van der Waals surface area contributed by atoms with Crippen molar-refractivity contribution in [3.63, 3.8) is 0 Å². The van der Waals surface area contributed by atoms with E-state index in [9.17, 15) is 0 Å². The molecule has 82 valence electrons. The fourth-order valence-corrected chi connectivity index (χ4v) is 2.00. The lowest BCUT2D eigenvalue weighted by atomic mass is 10.2. The Labute approximate surface area is 91.6 Å². The van der Waals surface area contributed by atoms with E-state index < -0.39 is 0 Å². The molecule has 1 unspecified atom stereocenters. The third-order valence-corrected chi connectivity index (χ3v) is 2.84. The average Bonchev–Trinajstić information content (AvgIpc) is 2.71. The molecular formula is C13H19NO. The quantitative estimate of drug-likeness (QED) is 0.816. The van der Waals surface area contributed by atoms with Gasteiger partial charge in [0.05, 0.1) is 6.10 Å². The summed E-state index contributed by atoms with van der Waals surface area (Å²) in [6.07, 6.45) is 4.07. The highest BCUT2D eigenvalue weighted by molar-refractivity contribution is 5.45. The predicted octanol–water partition coefficient (Wildman–Crippen LogP) is 2.98. The normalized spacial score (nSPS) is 20.5. The second-order valence-corrected chi connectivity index (χ2v) is 4.22. The van der Waals surface area contributed by atoms with Gasteiger partial charge in [-0.2, -0.15) is 0 Å². The maximum absolute atomic E-state index is 5.57. The highest BCUT2D eigenvalue weighted by atomic mass is 16.5. The summed E-state index contributed by atoms with van der Waals surface area (Å²) in [7, 11) is 0. The van der Waals surface area contributed by atoms with Crippen molar-refractivity contribution in [2.75, 3.05) is 18.5 Å². The number of aryl methyl sites for hydroxylation is 1. The van der Waals surface area contributed by atoms with E-state index in [1.54, 1.807) is 0 Å². The molecule has 2 heteroatoms. The molecule has 1 saturated heterocycles. The third kappa shape index (κ3) is 3.24. The number of nitrogens with one attached hydrogen (secondary N) is 1. The van der Waals surface area contributed by atoms with E-state index in [1.807, 2.05) is 0 Å². The predicted molar refractivity (Wildman–Crippen MR) is 63.3 cm³/mol. The molecule has 1 fully saturated rings. The molecule has 0 aromatic heterocycles. The molecular weight excluding hydrogens is 186 g/mol. The van der Waals surface area contributed by atoms with Crippen LogP contribution in [0.3, 0.4) is 0 Å². The second-order valence-electron chi connectivity index (χ2n) is 4.22. The number of hydrogen-bond acceptors (Lipinski definition) is 2. The summed E-state index contributed by atoms with van der Waals surface area (Å²) in [5.41, 5.74) is 2.52. The molecule has 2 rings (SSSR count).